The van der Waals surface area contributed by atoms with E-state index in [4.69, 9.17) is 5.73 Å². The Labute approximate surface area is 224 Å². The molecule has 8 N–H and O–H groups in total. The van der Waals surface area contributed by atoms with E-state index in [1.54, 1.807) is 26.2 Å². The van der Waals surface area contributed by atoms with Gasteiger partial charge in [0.2, 0.25) is 11.7 Å². The van der Waals surface area contributed by atoms with Gasteiger partial charge < -0.3 is 36.8 Å². The van der Waals surface area contributed by atoms with Gasteiger partial charge >= 0.3 is 0 Å². The van der Waals surface area contributed by atoms with E-state index in [1.807, 2.05) is 0 Å². The maximum absolute atomic E-state index is 13.7. The molecule has 0 saturated heterocycles. The number of aliphatic hydroxyl groups is 3. The van der Waals surface area contributed by atoms with E-state index in [0.29, 0.717) is 5.56 Å². The molecule has 5 rings (SSSR count). The average molecular weight is 541 g/mol. The number of nitrogens with two attached hydrogens (primary N) is 1. The standard InChI is InChI=1S/C27H32N4O8/c1-31(2)20-14-9-12-8-11-6-7-15(29-10-16(32)30-13-4-3-5-13)21(33)17(11)22(34)18(12)24(36)27(14,39)25(37)19(23(20)35)26(28)38/h6-7,12-14,20,29,33,35-36,39H,3-5,8-10H2,1-2H3,(H2,28,38)(H,30,32)/t12-,14-,20+,27-/m1/s1. The van der Waals surface area contributed by atoms with Crippen LogP contribution in [-0.4, -0.2) is 87.0 Å². The summed E-state index contributed by atoms with van der Waals surface area (Å²) in [5, 5.41) is 50.4. The molecule has 12 heteroatoms. The van der Waals surface area contributed by atoms with Crippen LogP contribution in [0.3, 0.4) is 0 Å². The number of likely N-dealkylation sites (N-methyl/N-ethyl adjacent to an activating group) is 1. The third-order valence-corrected chi connectivity index (χ3v) is 8.50. The highest BCUT2D eigenvalue weighted by Crippen LogP contribution is 2.52. The van der Waals surface area contributed by atoms with Gasteiger partial charge in [-0.05, 0) is 63.7 Å². The molecule has 2 amide bonds. The number of ketones is 2. The topological polar surface area (TPSA) is 203 Å². The van der Waals surface area contributed by atoms with Crippen LogP contribution < -0.4 is 16.4 Å². The van der Waals surface area contributed by atoms with Gasteiger partial charge in [0.05, 0.1) is 23.8 Å². The molecule has 208 valence electrons. The quantitative estimate of drug-likeness (QED) is 0.193. The highest BCUT2D eigenvalue weighted by molar-refractivity contribution is 6.24. The molecule has 0 aromatic heterocycles. The number of aliphatic hydroxyl groups excluding tert-OH is 2. The highest BCUT2D eigenvalue weighted by atomic mass is 16.3. The van der Waals surface area contributed by atoms with Crippen molar-refractivity contribution in [1.29, 1.82) is 0 Å². The molecule has 1 fully saturated rings. The van der Waals surface area contributed by atoms with Crippen LogP contribution in [0, 0.1) is 11.8 Å². The fraction of sp³-hybridized carbons (Fsp3) is 0.481. The SMILES string of the molecule is CN(C)[C@@H]1C(O)=C(C(N)=O)C(=O)[C@]2(O)C(O)=C3C(=O)c4c(ccc(NCC(=O)NC5CCC5)c4O)C[C@@H]3C[C@H]12. The summed E-state index contributed by atoms with van der Waals surface area (Å²) in [6.07, 6.45) is 3.13. The van der Waals surface area contributed by atoms with E-state index in [9.17, 15) is 39.6 Å². The molecule has 1 aromatic rings. The summed E-state index contributed by atoms with van der Waals surface area (Å²) in [6, 6.07) is 2.31. The number of anilines is 1. The predicted octanol–water partition coefficient (Wildman–Crippen LogP) is 0.201. The number of aromatic hydroxyl groups is 1. The Balaban J connectivity index is 1.52. The van der Waals surface area contributed by atoms with Crippen molar-refractivity contribution in [2.45, 2.75) is 49.8 Å². The number of primary amides is 1. The number of hydrogen-bond acceptors (Lipinski definition) is 10. The van der Waals surface area contributed by atoms with Crippen LogP contribution in [0.1, 0.15) is 41.6 Å². The van der Waals surface area contributed by atoms with E-state index in [2.05, 4.69) is 10.6 Å². The lowest BCUT2D eigenvalue weighted by Crippen LogP contribution is -2.63. The number of phenols is 1. The summed E-state index contributed by atoms with van der Waals surface area (Å²) in [7, 11) is 3.15. The van der Waals surface area contributed by atoms with Crippen LogP contribution in [-0.2, 0) is 20.8 Å². The number of Topliss-reactive ketones (excluding diaryl/α,β-unsaturated/α-hetero) is 2. The summed E-state index contributed by atoms with van der Waals surface area (Å²) in [5.41, 5.74) is 2.10. The molecule has 39 heavy (non-hydrogen) atoms. The first-order valence-electron chi connectivity index (χ1n) is 12.9. The third kappa shape index (κ3) is 3.97. The van der Waals surface area contributed by atoms with E-state index >= 15 is 0 Å². The molecular weight excluding hydrogens is 508 g/mol. The number of fused-ring (bicyclic) bond motifs is 3. The zero-order valence-corrected chi connectivity index (χ0v) is 21.7. The number of carbonyl (C=O) groups excluding carboxylic acids is 4. The number of phenolic OH excluding ortho intramolecular Hbond substituents is 1. The second-order valence-electron chi connectivity index (χ2n) is 11.0. The molecular formula is C27H32N4O8. The molecule has 4 atom stereocenters. The van der Waals surface area contributed by atoms with Gasteiger partial charge in [-0.25, -0.2) is 0 Å². The number of hydrogen-bond donors (Lipinski definition) is 7. The van der Waals surface area contributed by atoms with Gasteiger partial charge in [0.25, 0.3) is 5.91 Å². The Hall–Kier alpha value is -3.90. The van der Waals surface area contributed by atoms with Gasteiger partial charge in [0.15, 0.2) is 11.4 Å². The summed E-state index contributed by atoms with van der Waals surface area (Å²) in [6.45, 7) is -0.124. The molecule has 0 unspecified atom stereocenters. The Bertz CT molecular complexity index is 1360. The molecule has 4 aliphatic carbocycles. The molecule has 4 aliphatic rings. The monoisotopic (exact) mass is 540 g/mol. The average Bonchev–Trinajstić information content (AvgIpc) is 2.82. The minimum atomic E-state index is -2.68. The van der Waals surface area contributed by atoms with E-state index in [0.717, 1.165) is 19.3 Å². The van der Waals surface area contributed by atoms with Crippen molar-refractivity contribution in [3.05, 3.63) is 45.9 Å². The van der Waals surface area contributed by atoms with Gasteiger partial charge in [-0.2, -0.15) is 0 Å². The minimum Gasteiger partial charge on any atom is -0.510 e. The van der Waals surface area contributed by atoms with Gasteiger partial charge in [-0.15, -0.1) is 0 Å². The lowest BCUT2D eigenvalue weighted by molar-refractivity contribution is -0.148. The van der Waals surface area contributed by atoms with Crippen molar-refractivity contribution in [2.24, 2.45) is 17.6 Å². The number of nitrogens with one attached hydrogen (secondary N) is 2. The maximum Gasteiger partial charge on any atom is 0.255 e. The van der Waals surface area contributed by atoms with Gasteiger partial charge in [0.1, 0.15) is 22.8 Å². The first-order chi connectivity index (χ1) is 18.4. The van der Waals surface area contributed by atoms with Crippen molar-refractivity contribution < 1.29 is 39.6 Å². The second-order valence-corrected chi connectivity index (χ2v) is 11.0. The molecule has 0 radical (unpaired) electrons. The Morgan fingerprint density at radius 1 is 1.15 bits per heavy atom. The van der Waals surface area contributed by atoms with Crippen molar-refractivity contribution in [3.8, 4) is 5.75 Å². The van der Waals surface area contributed by atoms with E-state index in [-0.39, 0.29) is 48.2 Å². The van der Waals surface area contributed by atoms with Crippen LogP contribution >= 0.6 is 0 Å². The first kappa shape index (κ1) is 26.7. The molecule has 1 aromatic carbocycles. The molecule has 0 heterocycles. The number of carbonyl (C=O) groups is 4. The number of rotatable bonds is 6. The van der Waals surface area contributed by atoms with Gasteiger partial charge in [-0.3, -0.25) is 24.1 Å². The summed E-state index contributed by atoms with van der Waals surface area (Å²) in [4.78, 5) is 52.8. The molecule has 12 nitrogen and oxygen atoms in total. The van der Waals surface area contributed by atoms with E-state index < -0.39 is 63.8 Å². The Morgan fingerprint density at radius 2 is 1.85 bits per heavy atom. The fourth-order valence-corrected chi connectivity index (χ4v) is 6.37. The van der Waals surface area contributed by atoms with Crippen LogP contribution in [0.25, 0.3) is 0 Å². The Kier molecular flexibility index (Phi) is 6.42. The number of allylic oxidation sites excluding steroid dienone is 1. The van der Waals surface area contributed by atoms with Crippen LogP contribution in [0.15, 0.2) is 34.8 Å². The fourth-order valence-electron chi connectivity index (χ4n) is 6.37. The molecule has 0 bridgehead atoms. The summed E-state index contributed by atoms with van der Waals surface area (Å²) in [5.74, 6) is -7.24. The van der Waals surface area contributed by atoms with Crippen molar-refractivity contribution in [2.75, 3.05) is 26.0 Å². The smallest absolute Gasteiger partial charge is 0.255 e. The number of benzene rings is 1. The Morgan fingerprint density at radius 3 is 2.44 bits per heavy atom. The number of nitrogens with zero attached hydrogens (tertiary/aromatic N) is 1. The number of amides is 2. The zero-order chi connectivity index (χ0) is 28.4. The third-order valence-electron chi connectivity index (χ3n) is 8.50. The van der Waals surface area contributed by atoms with Crippen LogP contribution in [0.5, 0.6) is 5.75 Å². The first-order valence-corrected chi connectivity index (χ1v) is 12.9. The molecule has 0 spiro atoms. The summed E-state index contributed by atoms with van der Waals surface area (Å²) >= 11 is 0. The summed E-state index contributed by atoms with van der Waals surface area (Å²) < 4.78 is 0. The lowest BCUT2D eigenvalue weighted by atomic mass is 9.58. The zero-order valence-electron chi connectivity index (χ0n) is 21.7. The molecule has 0 aliphatic heterocycles. The largest absolute Gasteiger partial charge is 0.510 e. The van der Waals surface area contributed by atoms with Crippen molar-refractivity contribution in [1.82, 2.24) is 10.2 Å². The minimum absolute atomic E-state index is 0.0217. The second kappa shape index (κ2) is 9.38. The molecule has 1 saturated carbocycles. The van der Waals surface area contributed by atoms with Crippen LogP contribution in [0.2, 0.25) is 0 Å². The van der Waals surface area contributed by atoms with Crippen molar-refractivity contribution in [3.63, 3.8) is 0 Å². The predicted molar refractivity (Wildman–Crippen MR) is 138 cm³/mol. The van der Waals surface area contributed by atoms with Gasteiger partial charge in [0, 0.05) is 17.5 Å². The van der Waals surface area contributed by atoms with E-state index in [1.165, 1.54) is 4.90 Å². The maximum atomic E-state index is 13.7. The van der Waals surface area contributed by atoms with Crippen molar-refractivity contribution >= 4 is 29.1 Å². The highest BCUT2D eigenvalue weighted by Gasteiger charge is 2.63. The van der Waals surface area contributed by atoms with Gasteiger partial charge in [-0.1, -0.05) is 6.07 Å². The van der Waals surface area contributed by atoms with Crippen LogP contribution in [0.4, 0.5) is 5.69 Å². The normalized spacial score (nSPS) is 28.5. The lowest BCUT2D eigenvalue weighted by Gasteiger charge is -2.50.